The Morgan fingerprint density at radius 1 is 0.938 bits per heavy atom. The molecule has 0 spiro atoms. The summed E-state index contributed by atoms with van der Waals surface area (Å²) in [4.78, 5) is 29.4. The van der Waals surface area contributed by atoms with Crippen molar-refractivity contribution in [1.29, 1.82) is 0 Å². The standard InChI is InChI=1S/C25H21ClN2O3S/c1-15-8-9-16(2)20(14-15)28-24(29)22(27-19-6-4-5-7-21(19)31-3)23(25(28)30)32-18-12-10-17(26)11-13-18/h4-14,27H,1-3H3. The minimum Gasteiger partial charge on any atom is -0.495 e. The Morgan fingerprint density at radius 2 is 1.66 bits per heavy atom. The zero-order chi connectivity index (χ0) is 22.8. The van der Waals surface area contributed by atoms with Gasteiger partial charge in [0.15, 0.2) is 0 Å². The largest absolute Gasteiger partial charge is 0.495 e. The molecule has 1 aliphatic rings. The molecule has 3 aromatic carbocycles. The number of rotatable bonds is 6. The third-order valence-corrected chi connectivity index (χ3v) is 6.39. The van der Waals surface area contributed by atoms with Gasteiger partial charge in [0.05, 0.1) is 18.5 Å². The van der Waals surface area contributed by atoms with E-state index in [0.29, 0.717) is 27.1 Å². The molecule has 0 aromatic heterocycles. The SMILES string of the molecule is COc1ccccc1NC1=C(Sc2ccc(Cl)cc2)C(=O)N(c2cc(C)ccc2C)C1=O. The molecule has 1 heterocycles. The second-order valence-corrected chi connectivity index (χ2v) is 8.84. The van der Waals surface area contributed by atoms with E-state index >= 15 is 0 Å². The quantitative estimate of drug-likeness (QED) is 0.456. The fourth-order valence-corrected chi connectivity index (χ4v) is 4.45. The molecule has 0 saturated heterocycles. The van der Waals surface area contributed by atoms with Crippen LogP contribution in [0.25, 0.3) is 0 Å². The van der Waals surface area contributed by atoms with Gasteiger partial charge in [-0.3, -0.25) is 9.59 Å². The lowest BCUT2D eigenvalue weighted by Gasteiger charge is -2.18. The van der Waals surface area contributed by atoms with Crippen LogP contribution < -0.4 is 15.0 Å². The number of ether oxygens (including phenoxy) is 1. The Balaban J connectivity index is 1.79. The Labute approximate surface area is 196 Å². The summed E-state index contributed by atoms with van der Waals surface area (Å²) in [5, 5.41) is 3.75. The molecule has 0 radical (unpaired) electrons. The summed E-state index contributed by atoms with van der Waals surface area (Å²) < 4.78 is 5.41. The molecule has 5 nitrogen and oxygen atoms in total. The molecule has 2 amide bonds. The van der Waals surface area contributed by atoms with Crippen LogP contribution in [0.4, 0.5) is 11.4 Å². The molecular formula is C25H21ClN2O3S. The maximum Gasteiger partial charge on any atom is 0.283 e. The molecule has 32 heavy (non-hydrogen) atoms. The average Bonchev–Trinajstić information content (AvgIpc) is 3.01. The average molecular weight is 465 g/mol. The number of benzene rings is 3. The normalized spacial score (nSPS) is 13.7. The van der Waals surface area contributed by atoms with E-state index < -0.39 is 5.91 Å². The number of hydrogen-bond acceptors (Lipinski definition) is 5. The summed E-state index contributed by atoms with van der Waals surface area (Å²) >= 11 is 7.23. The van der Waals surface area contributed by atoms with E-state index in [0.717, 1.165) is 16.0 Å². The van der Waals surface area contributed by atoms with Crippen molar-refractivity contribution < 1.29 is 14.3 Å². The molecule has 7 heteroatoms. The van der Waals surface area contributed by atoms with Crippen molar-refractivity contribution >= 4 is 46.6 Å². The summed E-state index contributed by atoms with van der Waals surface area (Å²) in [7, 11) is 1.56. The van der Waals surface area contributed by atoms with Gasteiger partial charge in [-0.2, -0.15) is 0 Å². The van der Waals surface area contributed by atoms with Crippen LogP contribution in [-0.4, -0.2) is 18.9 Å². The van der Waals surface area contributed by atoms with Crippen LogP contribution in [0.2, 0.25) is 5.02 Å². The number of methoxy groups -OCH3 is 1. The fraction of sp³-hybridized carbons (Fsp3) is 0.120. The molecule has 162 valence electrons. The highest BCUT2D eigenvalue weighted by atomic mass is 35.5. The van der Waals surface area contributed by atoms with Gasteiger partial charge in [0, 0.05) is 9.92 Å². The van der Waals surface area contributed by atoms with E-state index in [-0.39, 0.29) is 11.6 Å². The number of hydrogen-bond donors (Lipinski definition) is 1. The van der Waals surface area contributed by atoms with Gasteiger partial charge in [0.2, 0.25) is 0 Å². The summed E-state index contributed by atoms with van der Waals surface area (Å²) in [6.07, 6.45) is 0. The Morgan fingerprint density at radius 3 is 2.38 bits per heavy atom. The highest BCUT2D eigenvalue weighted by molar-refractivity contribution is 8.04. The molecule has 1 aliphatic heterocycles. The number of thioether (sulfide) groups is 1. The first-order chi connectivity index (χ1) is 15.4. The molecule has 3 aromatic rings. The molecule has 0 aliphatic carbocycles. The summed E-state index contributed by atoms with van der Waals surface area (Å²) in [6, 6.07) is 20.1. The van der Waals surface area contributed by atoms with E-state index in [1.807, 2.05) is 56.3 Å². The minimum absolute atomic E-state index is 0.209. The van der Waals surface area contributed by atoms with E-state index in [4.69, 9.17) is 16.3 Å². The monoisotopic (exact) mass is 464 g/mol. The predicted octanol–water partition coefficient (Wildman–Crippen LogP) is 5.95. The number of nitrogens with zero attached hydrogens (tertiary/aromatic N) is 1. The molecule has 4 rings (SSSR count). The lowest BCUT2D eigenvalue weighted by molar-refractivity contribution is -0.120. The van der Waals surface area contributed by atoms with E-state index in [1.54, 1.807) is 31.4 Å². The smallest absolute Gasteiger partial charge is 0.283 e. The summed E-state index contributed by atoms with van der Waals surface area (Å²) in [5.74, 6) is -0.214. The van der Waals surface area contributed by atoms with E-state index in [1.165, 1.54) is 16.7 Å². The van der Waals surface area contributed by atoms with E-state index in [9.17, 15) is 9.59 Å². The first-order valence-electron chi connectivity index (χ1n) is 9.93. The van der Waals surface area contributed by atoms with Gasteiger partial charge >= 0.3 is 0 Å². The van der Waals surface area contributed by atoms with Crippen LogP contribution in [0.1, 0.15) is 11.1 Å². The number of carbonyl (C=O) groups excluding carboxylic acids is 2. The molecule has 0 bridgehead atoms. The molecule has 0 atom stereocenters. The number of anilines is 2. The lowest BCUT2D eigenvalue weighted by atomic mass is 10.1. The minimum atomic E-state index is -0.411. The maximum absolute atomic E-state index is 13.5. The first-order valence-corrected chi connectivity index (χ1v) is 11.1. The van der Waals surface area contributed by atoms with Crippen LogP contribution in [0.3, 0.4) is 0 Å². The number of nitrogens with one attached hydrogen (secondary N) is 1. The highest BCUT2D eigenvalue weighted by Crippen LogP contribution is 2.40. The third-order valence-electron chi connectivity index (χ3n) is 5.05. The number of imide groups is 1. The zero-order valence-corrected chi connectivity index (χ0v) is 19.4. The van der Waals surface area contributed by atoms with E-state index in [2.05, 4.69) is 5.32 Å². The number of aryl methyl sites for hydroxylation is 2. The van der Waals surface area contributed by atoms with Gasteiger partial charge in [-0.25, -0.2) is 4.90 Å². The molecule has 1 N–H and O–H groups in total. The van der Waals surface area contributed by atoms with Crippen LogP contribution >= 0.6 is 23.4 Å². The van der Waals surface area contributed by atoms with Crippen molar-refractivity contribution in [2.45, 2.75) is 18.7 Å². The van der Waals surface area contributed by atoms with Gasteiger partial charge in [-0.15, -0.1) is 0 Å². The predicted molar refractivity (Wildman–Crippen MR) is 129 cm³/mol. The Hall–Kier alpha value is -3.22. The summed E-state index contributed by atoms with van der Waals surface area (Å²) in [6.45, 7) is 3.81. The zero-order valence-electron chi connectivity index (χ0n) is 17.8. The Bertz CT molecular complexity index is 1240. The van der Waals surface area contributed by atoms with Crippen LogP contribution in [0.15, 0.2) is 82.2 Å². The van der Waals surface area contributed by atoms with Crippen LogP contribution in [-0.2, 0) is 9.59 Å². The van der Waals surface area contributed by atoms with Gasteiger partial charge in [-0.05, 0) is 67.4 Å². The second-order valence-electron chi connectivity index (χ2n) is 7.32. The molecule has 0 fully saturated rings. The van der Waals surface area contributed by atoms with Crippen LogP contribution in [0.5, 0.6) is 5.75 Å². The number of halogens is 1. The van der Waals surface area contributed by atoms with Gasteiger partial charge in [0.25, 0.3) is 11.8 Å². The fourth-order valence-electron chi connectivity index (χ4n) is 3.40. The number of amides is 2. The van der Waals surface area contributed by atoms with Gasteiger partial charge in [0.1, 0.15) is 16.4 Å². The third kappa shape index (κ3) is 4.24. The van der Waals surface area contributed by atoms with Crippen molar-refractivity contribution in [3.05, 3.63) is 93.5 Å². The van der Waals surface area contributed by atoms with Crippen molar-refractivity contribution in [2.75, 3.05) is 17.3 Å². The van der Waals surface area contributed by atoms with Crippen molar-refractivity contribution in [3.63, 3.8) is 0 Å². The molecule has 0 unspecified atom stereocenters. The number of carbonyl (C=O) groups is 2. The van der Waals surface area contributed by atoms with Crippen molar-refractivity contribution in [1.82, 2.24) is 0 Å². The number of para-hydroxylation sites is 2. The second kappa shape index (κ2) is 9.10. The van der Waals surface area contributed by atoms with Crippen molar-refractivity contribution in [2.24, 2.45) is 0 Å². The van der Waals surface area contributed by atoms with Crippen molar-refractivity contribution in [3.8, 4) is 5.75 Å². The topological polar surface area (TPSA) is 58.6 Å². The highest BCUT2D eigenvalue weighted by Gasteiger charge is 2.41. The Kier molecular flexibility index (Phi) is 6.26. The van der Waals surface area contributed by atoms with Gasteiger partial charge in [-0.1, -0.05) is 47.6 Å². The van der Waals surface area contributed by atoms with Crippen LogP contribution in [0, 0.1) is 13.8 Å². The molecular weight excluding hydrogens is 444 g/mol. The van der Waals surface area contributed by atoms with Gasteiger partial charge < -0.3 is 10.1 Å². The molecule has 0 saturated carbocycles. The lowest BCUT2D eigenvalue weighted by Crippen LogP contribution is -2.33. The maximum atomic E-state index is 13.5. The summed E-state index contributed by atoms with van der Waals surface area (Å²) in [5.41, 5.74) is 3.19. The first kappa shape index (κ1) is 22.0.